The molecule has 5 heteroatoms. The Bertz CT molecular complexity index is 335. The van der Waals surface area contributed by atoms with Crippen LogP contribution in [0.15, 0.2) is 24.4 Å². The summed E-state index contributed by atoms with van der Waals surface area (Å²) in [5.74, 6) is 0. The number of hydrogen-bond donors (Lipinski definition) is 1. The summed E-state index contributed by atoms with van der Waals surface area (Å²) >= 11 is 0. The lowest BCUT2D eigenvalue weighted by molar-refractivity contribution is 0.0475. The zero-order chi connectivity index (χ0) is 14.1. The smallest absolute Gasteiger partial charge is 0.0648 e. The van der Waals surface area contributed by atoms with Gasteiger partial charge in [0.1, 0.15) is 0 Å². The molecular weight excluding hydrogens is 242 g/mol. The van der Waals surface area contributed by atoms with Gasteiger partial charge in [0.15, 0.2) is 0 Å². The second-order valence-electron chi connectivity index (χ2n) is 4.54. The minimum atomic E-state index is 0.0847. The van der Waals surface area contributed by atoms with Crippen LogP contribution in [0.3, 0.4) is 0 Å². The van der Waals surface area contributed by atoms with Crippen molar-refractivity contribution in [3.05, 3.63) is 30.1 Å². The second kappa shape index (κ2) is 8.98. The Hall–Kier alpha value is -1.01. The maximum Gasteiger partial charge on any atom is 0.0648 e. The highest BCUT2D eigenvalue weighted by Gasteiger charge is 2.24. The molecule has 0 aromatic carbocycles. The molecule has 1 heterocycles. The van der Waals surface area contributed by atoms with Gasteiger partial charge in [0, 0.05) is 39.5 Å². The maximum absolute atomic E-state index is 5.95. The summed E-state index contributed by atoms with van der Waals surface area (Å²) in [6.07, 6.45) is 1.80. The normalized spacial score (nSPS) is 14.6. The highest BCUT2D eigenvalue weighted by Crippen LogP contribution is 2.20. The van der Waals surface area contributed by atoms with E-state index in [1.807, 2.05) is 18.2 Å². The van der Waals surface area contributed by atoms with E-state index < -0.39 is 0 Å². The van der Waals surface area contributed by atoms with Crippen LogP contribution < -0.4 is 5.73 Å². The summed E-state index contributed by atoms with van der Waals surface area (Å²) in [7, 11) is 3.42. The van der Waals surface area contributed by atoms with E-state index in [0.717, 1.165) is 12.2 Å². The van der Waals surface area contributed by atoms with Gasteiger partial charge in [0.25, 0.3) is 0 Å². The predicted molar refractivity (Wildman–Crippen MR) is 76.0 cm³/mol. The molecule has 0 radical (unpaired) electrons. The first kappa shape index (κ1) is 16.0. The summed E-state index contributed by atoms with van der Waals surface area (Å²) in [5.41, 5.74) is 6.94. The van der Waals surface area contributed by atoms with Crippen LogP contribution in [0.5, 0.6) is 0 Å². The highest BCUT2D eigenvalue weighted by molar-refractivity contribution is 5.10. The molecule has 108 valence electrons. The van der Waals surface area contributed by atoms with Gasteiger partial charge < -0.3 is 15.2 Å². The quantitative estimate of drug-likeness (QED) is 0.725. The van der Waals surface area contributed by atoms with Crippen molar-refractivity contribution in [2.75, 3.05) is 40.5 Å². The van der Waals surface area contributed by atoms with Gasteiger partial charge in [-0.3, -0.25) is 9.88 Å². The van der Waals surface area contributed by atoms with Crippen molar-refractivity contribution >= 4 is 0 Å². The lowest BCUT2D eigenvalue weighted by atomic mass is 10.1. The van der Waals surface area contributed by atoms with Crippen molar-refractivity contribution in [2.24, 2.45) is 5.73 Å². The number of hydrogen-bond acceptors (Lipinski definition) is 5. The van der Waals surface area contributed by atoms with E-state index in [0.29, 0.717) is 19.8 Å². The maximum atomic E-state index is 5.95. The van der Waals surface area contributed by atoms with Crippen molar-refractivity contribution in [3.8, 4) is 0 Å². The SMILES string of the molecule is COCCN(C(C)COC)C(CN)c1ccccn1. The van der Waals surface area contributed by atoms with E-state index in [2.05, 4.69) is 16.8 Å². The zero-order valence-electron chi connectivity index (χ0n) is 12.1. The first-order valence-corrected chi connectivity index (χ1v) is 6.59. The van der Waals surface area contributed by atoms with Crippen LogP contribution in [0.1, 0.15) is 18.7 Å². The average Bonchev–Trinajstić information content (AvgIpc) is 2.44. The predicted octanol–water partition coefficient (Wildman–Crippen LogP) is 1.06. The molecule has 1 aromatic heterocycles. The van der Waals surface area contributed by atoms with Gasteiger partial charge in [0.05, 0.1) is 24.9 Å². The fraction of sp³-hybridized carbons (Fsp3) is 0.643. The number of aromatic nitrogens is 1. The van der Waals surface area contributed by atoms with Crippen molar-refractivity contribution < 1.29 is 9.47 Å². The molecule has 0 aliphatic carbocycles. The van der Waals surface area contributed by atoms with Crippen LogP contribution in [0.4, 0.5) is 0 Å². The lowest BCUT2D eigenvalue weighted by Gasteiger charge is -2.35. The fourth-order valence-corrected chi connectivity index (χ4v) is 2.22. The third-order valence-corrected chi connectivity index (χ3v) is 3.18. The van der Waals surface area contributed by atoms with Gasteiger partial charge in [-0.1, -0.05) is 6.07 Å². The Morgan fingerprint density at radius 1 is 1.32 bits per heavy atom. The Morgan fingerprint density at radius 3 is 2.63 bits per heavy atom. The van der Waals surface area contributed by atoms with Gasteiger partial charge in [-0.2, -0.15) is 0 Å². The van der Waals surface area contributed by atoms with E-state index in [-0.39, 0.29) is 12.1 Å². The highest BCUT2D eigenvalue weighted by atomic mass is 16.5. The molecule has 2 atom stereocenters. The number of nitrogens with two attached hydrogens (primary N) is 1. The first-order chi connectivity index (χ1) is 9.24. The lowest BCUT2D eigenvalue weighted by Crippen LogP contribution is -2.44. The van der Waals surface area contributed by atoms with Gasteiger partial charge in [-0.15, -0.1) is 0 Å². The molecule has 0 aliphatic heterocycles. The van der Waals surface area contributed by atoms with Crippen LogP contribution in [0, 0.1) is 0 Å². The first-order valence-electron chi connectivity index (χ1n) is 6.59. The van der Waals surface area contributed by atoms with Gasteiger partial charge >= 0.3 is 0 Å². The molecule has 1 aromatic rings. The number of ether oxygens (including phenoxy) is 2. The molecule has 0 saturated heterocycles. The number of nitrogens with zero attached hydrogens (tertiary/aromatic N) is 2. The Labute approximate surface area is 115 Å². The van der Waals surface area contributed by atoms with E-state index >= 15 is 0 Å². The van der Waals surface area contributed by atoms with Crippen molar-refractivity contribution in [2.45, 2.75) is 19.0 Å². The minimum absolute atomic E-state index is 0.0847. The third kappa shape index (κ3) is 4.87. The summed E-state index contributed by atoms with van der Waals surface area (Å²) in [6.45, 7) is 4.78. The molecule has 0 amide bonds. The van der Waals surface area contributed by atoms with Crippen molar-refractivity contribution in [1.29, 1.82) is 0 Å². The van der Waals surface area contributed by atoms with Gasteiger partial charge in [-0.25, -0.2) is 0 Å². The van der Waals surface area contributed by atoms with E-state index in [1.165, 1.54) is 0 Å². The number of methoxy groups -OCH3 is 2. The second-order valence-corrected chi connectivity index (χ2v) is 4.54. The summed E-state index contributed by atoms with van der Waals surface area (Å²) in [6, 6.07) is 6.25. The van der Waals surface area contributed by atoms with E-state index in [4.69, 9.17) is 15.2 Å². The molecule has 0 aliphatic rings. The molecule has 2 unspecified atom stereocenters. The molecule has 0 spiro atoms. The van der Waals surface area contributed by atoms with Crippen LogP contribution >= 0.6 is 0 Å². The Balaban J connectivity index is 2.85. The molecule has 0 bridgehead atoms. The third-order valence-electron chi connectivity index (χ3n) is 3.18. The molecule has 5 nitrogen and oxygen atoms in total. The molecular formula is C14H25N3O2. The van der Waals surface area contributed by atoms with E-state index in [9.17, 15) is 0 Å². The summed E-state index contributed by atoms with van der Waals surface area (Å²) < 4.78 is 10.4. The molecule has 0 saturated carbocycles. The van der Waals surface area contributed by atoms with Crippen molar-refractivity contribution in [3.63, 3.8) is 0 Å². The topological polar surface area (TPSA) is 60.6 Å². The summed E-state index contributed by atoms with van der Waals surface area (Å²) in [4.78, 5) is 6.71. The van der Waals surface area contributed by atoms with E-state index in [1.54, 1.807) is 20.4 Å². The van der Waals surface area contributed by atoms with Gasteiger partial charge in [0.2, 0.25) is 0 Å². The van der Waals surface area contributed by atoms with Crippen molar-refractivity contribution in [1.82, 2.24) is 9.88 Å². The standard InChI is InChI=1S/C14H25N3O2/c1-12(11-19-3)17(8-9-18-2)14(10-15)13-6-4-5-7-16-13/h4-7,12,14H,8-11,15H2,1-3H3. The number of pyridine rings is 1. The summed E-state index contributed by atoms with van der Waals surface area (Å²) in [5, 5.41) is 0. The zero-order valence-corrected chi connectivity index (χ0v) is 12.1. The van der Waals surface area contributed by atoms with Crippen LogP contribution in [0.2, 0.25) is 0 Å². The monoisotopic (exact) mass is 267 g/mol. The molecule has 2 N–H and O–H groups in total. The van der Waals surface area contributed by atoms with Crippen LogP contribution in [-0.2, 0) is 9.47 Å². The minimum Gasteiger partial charge on any atom is -0.383 e. The van der Waals surface area contributed by atoms with Crippen LogP contribution in [-0.4, -0.2) is 56.4 Å². The largest absolute Gasteiger partial charge is 0.383 e. The Kier molecular flexibility index (Phi) is 7.59. The number of rotatable bonds is 9. The van der Waals surface area contributed by atoms with Gasteiger partial charge in [-0.05, 0) is 19.1 Å². The Morgan fingerprint density at radius 2 is 2.11 bits per heavy atom. The fourth-order valence-electron chi connectivity index (χ4n) is 2.22. The van der Waals surface area contributed by atoms with Crippen LogP contribution in [0.25, 0.3) is 0 Å². The average molecular weight is 267 g/mol. The molecule has 19 heavy (non-hydrogen) atoms. The molecule has 0 fully saturated rings. The molecule has 1 rings (SSSR count).